The van der Waals surface area contributed by atoms with E-state index in [1.54, 1.807) is 4.90 Å². The van der Waals surface area contributed by atoms with E-state index in [4.69, 9.17) is 9.47 Å². The molecule has 1 fully saturated rings. The van der Waals surface area contributed by atoms with Gasteiger partial charge in [0, 0.05) is 6.54 Å². The van der Waals surface area contributed by atoms with Crippen LogP contribution in [-0.2, 0) is 9.53 Å². The Balaban J connectivity index is 1.66. The van der Waals surface area contributed by atoms with Crippen LogP contribution in [-0.4, -0.2) is 36.7 Å². The molecule has 2 amide bonds. The smallest absolute Gasteiger partial charge is 0.338 e. The maximum Gasteiger partial charge on any atom is 0.338 e. The SMILES string of the molecule is CCOc1ccc([C@H]2NC(=O)N(CC3CC3)C3=C2C(=O)OC3)cc1. The number of rotatable bonds is 5. The van der Waals surface area contributed by atoms with Crippen molar-refractivity contribution in [1.82, 2.24) is 10.2 Å². The average molecular weight is 328 g/mol. The first-order valence-corrected chi connectivity index (χ1v) is 8.38. The van der Waals surface area contributed by atoms with E-state index in [1.807, 2.05) is 31.2 Å². The van der Waals surface area contributed by atoms with Gasteiger partial charge in [-0.1, -0.05) is 12.1 Å². The third kappa shape index (κ3) is 2.62. The lowest BCUT2D eigenvalue weighted by atomic mass is 9.95. The van der Waals surface area contributed by atoms with E-state index in [9.17, 15) is 9.59 Å². The highest BCUT2D eigenvalue weighted by Gasteiger charge is 2.43. The molecule has 0 spiro atoms. The molecule has 2 heterocycles. The zero-order valence-electron chi connectivity index (χ0n) is 13.6. The van der Waals surface area contributed by atoms with Gasteiger partial charge in [-0.25, -0.2) is 9.59 Å². The Bertz CT molecular complexity index is 706. The fourth-order valence-corrected chi connectivity index (χ4v) is 3.24. The lowest BCUT2D eigenvalue weighted by molar-refractivity contribution is -0.136. The molecule has 4 rings (SSSR count). The quantitative estimate of drug-likeness (QED) is 0.843. The number of nitrogens with one attached hydrogen (secondary N) is 1. The Kier molecular flexibility index (Phi) is 3.67. The molecular weight excluding hydrogens is 308 g/mol. The second-order valence-corrected chi connectivity index (χ2v) is 6.38. The fourth-order valence-electron chi connectivity index (χ4n) is 3.24. The van der Waals surface area contributed by atoms with E-state index in [1.165, 1.54) is 0 Å². The van der Waals surface area contributed by atoms with Gasteiger partial charge in [0.05, 0.1) is 23.9 Å². The molecule has 0 aromatic heterocycles. The van der Waals surface area contributed by atoms with Gasteiger partial charge in [-0.15, -0.1) is 0 Å². The molecule has 6 nitrogen and oxygen atoms in total. The van der Waals surface area contributed by atoms with Crippen LogP contribution >= 0.6 is 0 Å². The number of amides is 2. The molecule has 24 heavy (non-hydrogen) atoms. The Labute approximate surface area is 140 Å². The van der Waals surface area contributed by atoms with Gasteiger partial charge in [0.25, 0.3) is 0 Å². The molecule has 2 aliphatic heterocycles. The van der Waals surface area contributed by atoms with Crippen LogP contribution in [0.3, 0.4) is 0 Å². The van der Waals surface area contributed by atoms with Crippen molar-refractivity contribution in [2.45, 2.75) is 25.8 Å². The zero-order valence-corrected chi connectivity index (χ0v) is 13.6. The fraction of sp³-hybridized carbons (Fsp3) is 0.444. The molecule has 0 saturated heterocycles. The number of urea groups is 1. The van der Waals surface area contributed by atoms with E-state index in [2.05, 4.69) is 5.32 Å². The standard InChI is InChI=1S/C18H20N2O4/c1-2-23-13-7-5-12(6-8-13)16-15-14(10-24-17(15)21)20(18(22)19-16)9-11-3-4-11/h5-8,11,16H,2-4,9-10H2,1H3,(H,19,22)/t16-/m1/s1. The van der Waals surface area contributed by atoms with Crippen molar-refractivity contribution in [3.63, 3.8) is 0 Å². The number of carbonyl (C=O) groups is 2. The summed E-state index contributed by atoms with van der Waals surface area (Å²) in [5.41, 5.74) is 2.12. The molecule has 0 unspecified atom stereocenters. The van der Waals surface area contributed by atoms with Crippen LogP contribution in [0, 0.1) is 5.92 Å². The summed E-state index contributed by atoms with van der Waals surface area (Å²) in [5, 5.41) is 2.96. The normalized spacial score (nSPS) is 23.0. The number of nitrogens with zero attached hydrogens (tertiary/aromatic N) is 1. The molecule has 1 saturated carbocycles. The number of esters is 1. The first-order chi connectivity index (χ1) is 11.7. The van der Waals surface area contributed by atoms with Crippen molar-refractivity contribution < 1.29 is 19.1 Å². The lowest BCUT2D eigenvalue weighted by Gasteiger charge is -2.33. The first kappa shape index (κ1) is 15.1. The topological polar surface area (TPSA) is 67.9 Å². The third-order valence-corrected chi connectivity index (χ3v) is 4.66. The van der Waals surface area contributed by atoms with Gasteiger partial charge in [0.2, 0.25) is 0 Å². The Hall–Kier alpha value is -2.50. The molecular formula is C18H20N2O4. The summed E-state index contributed by atoms with van der Waals surface area (Å²) < 4.78 is 10.7. The van der Waals surface area contributed by atoms with Crippen molar-refractivity contribution in [3.8, 4) is 5.75 Å². The summed E-state index contributed by atoms with van der Waals surface area (Å²) in [5.74, 6) is 0.967. The van der Waals surface area contributed by atoms with Gasteiger partial charge >= 0.3 is 12.0 Å². The van der Waals surface area contributed by atoms with Gasteiger partial charge in [-0.05, 0) is 43.4 Å². The summed E-state index contributed by atoms with van der Waals surface area (Å²) in [6.45, 7) is 3.37. The molecule has 1 N–H and O–H groups in total. The molecule has 1 aromatic carbocycles. The molecule has 1 aromatic rings. The Morgan fingerprint density at radius 3 is 2.67 bits per heavy atom. The number of cyclic esters (lactones) is 1. The highest BCUT2D eigenvalue weighted by atomic mass is 16.5. The van der Waals surface area contributed by atoms with Crippen LogP contribution in [0.5, 0.6) is 5.75 Å². The minimum atomic E-state index is -0.464. The van der Waals surface area contributed by atoms with E-state index in [-0.39, 0.29) is 18.6 Å². The largest absolute Gasteiger partial charge is 0.494 e. The number of ether oxygens (including phenoxy) is 2. The molecule has 0 radical (unpaired) electrons. The zero-order chi connectivity index (χ0) is 16.7. The summed E-state index contributed by atoms with van der Waals surface area (Å²) in [4.78, 5) is 26.5. The minimum absolute atomic E-state index is 0.155. The highest BCUT2D eigenvalue weighted by molar-refractivity contribution is 5.97. The number of hydrogen-bond donors (Lipinski definition) is 1. The van der Waals surface area contributed by atoms with E-state index in [0.717, 1.165) is 29.9 Å². The van der Waals surface area contributed by atoms with Gasteiger partial charge in [0.1, 0.15) is 12.4 Å². The number of hydrogen-bond acceptors (Lipinski definition) is 4. The summed E-state index contributed by atoms with van der Waals surface area (Å²) in [7, 11) is 0. The van der Waals surface area contributed by atoms with Crippen molar-refractivity contribution in [2.24, 2.45) is 5.92 Å². The molecule has 6 heteroatoms. The molecule has 3 aliphatic rings. The van der Waals surface area contributed by atoms with E-state index >= 15 is 0 Å². The summed E-state index contributed by atoms with van der Waals surface area (Å²) in [6, 6.07) is 6.83. The maximum absolute atomic E-state index is 12.5. The molecule has 1 aliphatic carbocycles. The van der Waals surface area contributed by atoms with Gasteiger partial charge in [0.15, 0.2) is 0 Å². The first-order valence-electron chi connectivity index (χ1n) is 8.38. The van der Waals surface area contributed by atoms with Crippen LogP contribution in [0.4, 0.5) is 4.79 Å². The van der Waals surface area contributed by atoms with E-state index < -0.39 is 6.04 Å². The number of carbonyl (C=O) groups excluding carboxylic acids is 2. The van der Waals surface area contributed by atoms with Crippen molar-refractivity contribution >= 4 is 12.0 Å². The Morgan fingerprint density at radius 1 is 1.25 bits per heavy atom. The lowest BCUT2D eigenvalue weighted by Crippen LogP contribution is -2.47. The van der Waals surface area contributed by atoms with Crippen LogP contribution in [0.25, 0.3) is 0 Å². The predicted molar refractivity (Wildman–Crippen MR) is 86.3 cm³/mol. The predicted octanol–water partition coefficient (Wildman–Crippen LogP) is 2.37. The van der Waals surface area contributed by atoms with Crippen molar-refractivity contribution in [1.29, 1.82) is 0 Å². The van der Waals surface area contributed by atoms with Crippen LogP contribution in [0.1, 0.15) is 31.4 Å². The van der Waals surface area contributed by atoms with Gasteiger partial charge < -0.3 is 14.8 Å². The second kappa shape index (κ2) is 5.85. The highest BCUT2D eigenvalue weighted by Crippen LogP contribution is 2.38. The Morgan fingerprint density at radius 2 is 2.00 bits per heavy atom. The number of benzene rings is 1. The van der Waals surface area contributed by atoms with Crippen LogP contribution in [0.15, 0.2) is 35.5 Å². The van der Waals surface area contributed by atoms with Crippen LogP contribution in [0.2, 0.25) is 0 Å². The average Bonchev–Trinajstić information content (AvgIpc) is 3.32. The minimum Gasteiger partial charge on any atom is -0.494 e. The molecule has 126 valence electrons. The second-order valence-electron chi connectivity index (χ2n) is 6.38. The monoisotopic (exact) mass is 328 g/mol. The van der Waals surface area contributed by atoms with Crippen molar-refractivity contribution in [3.05, 3.63) is 41.1 Å². The maximum atomic E-state index is 12.5. The van der Waals surface area contributed by atoms with Crippen molar-refractivity contribution in [2.75, 3.05) is 19.8 Å². The molecule has 0 bridgehead atoms. The van der Waals surface area contributed by atoms with Gasteiger partial charge in [-0.2, -0.15) is 0 Å². The summed E-state index contributed by atoms with van der Waals surface area (Å²) >= 11 is 0. The third-order valence-electron chi connectivity index (χ3n) is 4.66. The van der Waals surface area contributed by atoms with Crippen LogP contribution < -0.4 is 10.1 Å². The van der Waals surface area contributed by atoms with E-state index in [0.29, 0.717) is 24.6 Å². The summed E-state index contributed by atoms with van der Waals surface area (Å²) in [6.07, 6.45) is 2.28. The van der Waals surface area contributed by atoms with Gasteiger partial charge in [-0.3, -0.25) is 4.90 Å². The molecule has 1 atom stereocenters.